The molecule has 0 spiro atoms. The summed E-state index contributed by atoms with van der Waals surface area (Å²) in [5.41, 5.74) is 7.82. The van der Waals surface area contributed by atoms with Crippen molar-refractivity contribution in [1.29, 1.82) is 0 Å². The predicted octanol–water partition coefficient (Wildman–Crippen LogP) is 2.79. The molecule has 0 amide bonds. The number of nitrogens with one attached hydrogen (secondary N) is 1. The van der Waals surface area contributed by atoms with Gasteiger partial charge in [-0.2, -0.15) is 0 Å². The van der Waals surface area contributed by atoms with Crippen molar-refractivity contribution in [1.82, 2.24) is 5.32 Å². The highest BCUT2D eigenvalue weighted by Crippen LogP contribution is 2.08. The number of nitrogens with two attached hydrogens (primary N) is 1. The Morgan fingerprint density at radius 2 is 2.00 bits per heavy atom. The van der Waals surface area contributed by atoms with Gasteiger partial charge in [-0.3, -0.25) is 0 Å². The summed E-state index contributed by atoms with van der Waals surface area (Å²) in [4.78, 5) is 0. The first-order chi connectivity index (χ1) is 7.26. The van der Waals surface area contributed by atoms with Gasteiger partial charge in [0.25, 0.3) is 0 Å². The Morgan fingerprint density at radius 1 is 1.27 bits per heavy atom. The van der Waals surface area contributed by atoms with Gasteiger partial charge in [0.15, 0.2) is 0 Å². The van der Waals surface area contributed by atoms with Crippen LogP contribution in [0.1, 0.15) is 32.3 Å². The highest BCUT2D eigenvalue weighted by Gasteiger charge is 2.02. The van der Waals surface area contributed by atoms with Crippen molar-refractivity contribution < 1.29 is 0 Å². The largest absolute Gasteiger partial charge is 0.399 e. The van der Waals surface area contributed by atoms with Crippen molar-refractivity contribution in [2.45, 2.75) is 33.2 Å². The van der Waals surface area contributed by atoms with Gasteiger partial charge >= 0.3 is 0 Å². The molecular weight excluding hydrogens is 184 g/mol. The van der Waals surface area contributed by atoms with Crippen molar-refractivity contribution in [3.05, 3.63) is 29.8 Å². The van der Waals surface area contributed by atoms with E-state index in [-0.39, 0.29) is 0 Å². The smallest absolute Gasteiger partial charge is 0.0317 e. The summed E-state index contributed by atoms with van der Waals surface area (Å²) in [6.45, 7) is 6.51. The Balaban J connectivity index is 2.31. The minimum atomic E-state index is 0.797. The van der Waals surface area contributed by atoms with Gasteiger partial charge < -0.3 is 11.1 Å². The van der Waals surface area contributed by atoms with E-state index in [1.165, 1.54) is 18.4 Å². The van der Waals surface area contributed by atoms with Crippen LogP contribution in [0.3, 0.4) is 0 Å². The molecule has 1 aromatic rings. The van der Waals surface area contributed by atoms with E-state index >= 15 is 0 Å². The molecule has 15 heavy (non-hydrogen) atoms. The van der Waals surface area contributed by atoms with Crippen LogP contribution in [0.2, 0.25) is 0 Å². The molecule has 0 aromatic heterocycles. The number of nitrogen functional groups attached to an aromatic ring is 1. The normalized spacial score (nSPS) is 10.9. The summed E-state index contributed by atoms with van der Waals surface area (Å²) in [6.07, 6.45) is 2.50. The van der Waals surface area contributed by atoms with E-state index in [4.69, 9.17) is 5.73 Å². The molecule has 1 aromatic carbocycles. The first-order valence-electron chi connectivity index (χ1n) is 5.81. The summed E-state index contributed by atoms with van der Waals surface area (Å²) in [5.74, 6) is 0.797. The van der Waals surface area contributed by atoms with Gasteiger partial charge in [0.05, 0.1) is 0 Å². The number of hydrogen-bond donors (Lipinski definition) is 2. The van der Waals surface area contributed by atoms with Crippen molar-refractivity contribution in [2.75, 3.05) is 12.3 Å². The predicted molar refractivity (Wildman–Crippen MR) is 66.6 cm³/mol. The molecule has 0 heterocycles. The van der Waals surface area contributed by atoms with E-state index < -0.39 is 0 Å². The fraction of sp³-hybridized carbons (Fsp3) is 0.538. The maximum atomic E-state index is 5.71. The molecule has 0 bridgehead atoms. The molecule has 0 aliphatic rings. The van der Waals surface area contributed by atoms with Crippen molar-refractivity contribution in [3.8, 4) is 0 Å². The van der Waals surface area contributed by atoms with Crippen LogP contribution in [0.4, 0.5) is 5.69 Å². The number of hydrogen-bond acceptors (Lipinski definition) is 2. The summed E-state index contributed by atoms with van der Waals surface area (Å²) in [5, 5.41) is 3.48. The maximum Gasteiger partial charge on any atom is 0.0317 e. The van der Waals surface area contributed by atoms with Gasteiger partial charge in [0.2, 0.25) is 0 Å². The summed E-state index contributed by atoms with van der Waals surface area (Å²) in [7, 11) is 0. The molecule has 2 nitrogen and oxygen atoms in total. The quantitative estimate of drug-likeness (QED) is 0.702. The van der Waals surface area contributed by atoms with Gasteiger partial charge in [-0.1, -0.05) is 38.8 Å². The zero-order chi connectivity index (χ0) is 11.1. The van der Waals surface area contributed by atoms with Crippen LogP contribution in [0.15, 0.2) is 24.3 Å². The lowest BCUT2D eigenvalue weighted by atomic mass is 10.0. The topological polar surface area (TPSA) is 38.0 Å². The van der Waals surface area contributed by atoms with Crippen LogP contribution in [0, 0.1) is 5.92 Å². The molecule has 3 N–H and O–H groups in total. The fourth-order valence-corrected chi connectivity index (χ4v) is 1.70. The molecule has 84 valence electrons. The lowest BCUT2D eigenvalue weighted by molar-refractivity contribution is 0.449. The van der Waals surface area contributed by atoms with Crippen LogP contribution in [0.25, 0.3) is 0 Å². The summed E-state index contributed by atoms with van der Waals surface area (Å²) < 4.78 is 0. The standard InChI is InChI=1S/C13H22N2/c1-3-11(4-2)9-15-10-12-6-5-7-13(14)8-12/h5-8,11,15H,3-4,9-10,14H2,1-2H3. The van der Waals surface area contributed by atoms with Gasteiger partial charge in [-0.25, -0.2) is 0 Å². The Bertz CT molecular complexity index is 280. The minimum absolute atomic E-state index is 0.797. The maximum absolute atomic E-state index is 5.71. The van der Waals surface area contributed by atoms with Gasteiger partial charge in [-0.05, 0) is 30.2 Å². The lowest BCUT2D eigenvalue weighted by Crippen LogP contribution is -2.21. The van der Waals surface area contributed by atoms with Crippen molar-refractivity contribution in [3.63, 3.8) is 0 Å². The third-order valence-corrected chi connectivity index (χ3v) is 2.87. The van der Waals surface area contributed by atoms with E-state index in [0.29, 0.717) is 0 Å². The highest BCUT2D eigenvalue weighted by atomic mass is 14.9. The lowest BCUT2D eigenvalue weighted by Gasteiger charge is -2.13. The number of anilines is 1. The second kappa shape index (κ2) is 6.46. The Labute approximate surface area is 92.9 Å². The zero-order valence-corrected chi connectivity index (χ0v) is 9.79. The van der Waals surface area contributed by atoms with Crippen LogP contribution in [-0.2, 0) is 6.54 Å². The Kier molecular flexibility index (Phi) is 5.19. The molecule has 0 aliphatic carbocycles. The summed E-state index contributed by atoms with van der Waals surface area (Å²) in [6, 6.07) is 8.06. The van der Waals surface area contributed by atoms with Crippen LogP contribution < -0.4 is 11.1 Å². The fourth-order valence-electron chi connectivity index (χ4n) is 1.70. The van der Waals surface area contributed by atoms with Gasteiger partial charge in [0, 0.05) is 12.2 Å². The van der Waals surface area contributed by atoms with Crippen molar-refractivity contribution in [2.24, 2.45) is 5.92 Å². The molecule has 2 heteroatoms. The average molecular weight is 206 g/mol. The first kappa shape index (κ1) is 12.1. The molecule has 0 aliphatic heterocycles. The third kappa shape index (κ3) is 4.34. The second-order valence-electron chi connectivity index (χ2n) is 4.06. The van der Waals surface area contributed by atoms with E-state index in [2.05, 4.69) is 25.2 Å². The zero-order valence-electron chi connectivity index (χ0n) is 9.79. The summed E-state index contributed by atoms with van der Waals surface area (Å²) >= 11 is 0. The molecule has 0 atom stereocenters. The van der Waals surface area contributed by atoms with Crippen LogP contribution >= 0.6 is 0 Å². The van der Waals surface area contributed by atoms with Crippen molar-refractivity contribution >= 4 is 5.69 Å². The second-order valence-corrected chi connectivity index (χ2v) is 4.06. The highest BCUT2D eigenvalue weighted by molar-refractivity contribution is 5.40. The van der Waals surface area contributed by atoms with Gasteiger partial charge in [0.1, 0.15) is 0 Å². The molecule has 0 saturated heterocycles. The number of benzene rings is 1. The number of rotatable bonds is 6. The van der Waals surface area contributed by atoms with E-state index in [1.807, 2.05) is 18.2 Å². The molecule has 0 unspecified atom stereocenters. The van der Waals surface area contributed by atoms with Crippen LogP contribution in [-0.4, -0.2) is 6.54 Å². The van der Waals surface area contributed by atoms with E-state index in [1.54, 1.807) is 0 Å². The van der Waals surface area contributed by atoms with E-state index in [9.17, 15) is 0 Å². The average Bonchev–Trinajstić information content (AvgIpc) is 2.25. The Morgan fingerprint density at radius 3 is 2.60 bits per heavy atom. The van der Waals surface area contributed by atoms with Gasteiger partial charge in [-0.15, -0.1) is 0 Å². The molecule has 0 saturated carbocycles. The molecule has 0 fully saturated rings. The molecule has 1 rings (SSSR count). The SMILES string of the molecule is CCC(CC)CNCc1cccc(N)c1. The Hall–Kier alpha value is -1.02. The van der Waals surface area contributed by atoms with E-state index in [0.717, 1.165) is 24.7 Å². The van der Waals surface area contributed by atoms with Crippen LogP contribution in [0.5, 0.6) is 0 Å². The first-order valence-corrected chi connectivity index (χ1v) is 5.81. The monoisotopic (exact) mass is 206 g/mol. The molecular formula is C13H22N2. The molecule has 0 radical (unpaired) electrons. The third-order valence-electron chi connectivity index (χ3n) is 2.87. The minimum Gasteiger partial charge on any atom is -0.399 e.